The molecule has 0 spiro atoms. The number of nitrogens with zero attached hydrogens (tertiary/aromatic N) is 2. The summed E-state index contributed by atoms with van der Waals surface area (Å²) in [6.45, 7) is 6.95. The zero-order valence-corrected chi connectivity index (χ0v) is 11.5. The van der Waals surface area contributed by atoms with Gasteiger partial charge in [0.25, 0.3) is 0 Å². The highest BCUT2D eigenvalue weighted by Gasteiger charge is 2.22. The molecule has 0 aromatic carbocycles. The van der Waals surface area contributed by atoms with Crippen molar-refractivity contribution >= 4 is 16.0 Å². The van der Waals surface area contributed by atoms with Gasteiger partial charge >= 0.3 is 0 Å². The first-order valence-corrected chi connectivity index (χ1v) is 7.36. The Morgan fingerprint density at radius 2 is 2.12 bits per heavy atom. The van der Waals surface area contributed by atoms with E-state index in [1.165, 1.54) is 0 Å². The van der Waals surface area contributed by atoms with E-state index in [-0.39, 0.29) is 0 Å². The van der Waals surface area contributed by atoms with Gasteiger partial charge in [0.1, 0.15) is 0 Å². The van der Waals surface area contributed by atoms with E-state index in [4.69, 9.17) is 0 Å². The van der Waals surface area contributed by atoms with Gasteiger partial charge in [-0.15, -0.1) is 0 Å². The summed E-state index contributed by atoms with van der Waals surface area (Å²) in [5, 5.41) is 3.13. The van der Waals surface area contributed by atoms with Crippen molar-refractivity contribution in [2.24, 2.45) is 0 Å². The molecule has 1 rings (SSSR count). The summed E-state index contributed by atoms with van der Waals surface area (Å²) in [7, 11) is -3.21. The van der Waals surface area contributed by atoms with Crippen LogP contribution in [0.3, 0.4) is 0 Å². The lowest BCUT2D eigenvalue weighted by Crippen LogP contribution is -2.48. The summed E-state index contributed by atoms with van der Waals surface area (Å²) in [4.78, 5) is 4.16. The fourth-order valence-electron chi connectivity index (χ4n) is 1.57. The number of anilines is 1. The summed E-state index contributed by atoms with van der Waals surface area (Å²) >= 11 is 0. The molecule has 0 atom stereocenters. The third kappa shape index (κ3) is 4.74. The standard InChI is InChI=1S/C10H20N4O2S/c1-5-14-7-6-11-9(14)12-8-10(2,3)13-17(4,15)16/h6-7,13H,5,8H2,1-4H3,(H,11,12). The third-order valence-electron chi connectivity index (χ3n) is 2.21. The minimum absolute atomic E-state index is 0.469. The van der Waals surface area contributed by atoms with E-state index in [2.05, 4.69) is 15.0 Å². The quantitative estimate of drug-likeness (QED) is 0.787. The predicted molar refractivity (Wildman–Crippen MR) is 68.4 cm³/mol. The molecule has 17 heavy (non-hydrogen) atoms. The molecular formula is C10H20N4O2S. The van der Waals surface area contributed by atoms with Crippen molar-refractivity contribution in [2.45, 2.75) is 32.9 Å². The molecule has 1 aromatic heterocycles. The first-order valence-electron chi connectivity index (χ1n) is 5.47. The summed E-state index contributed by atoms with van der Waals surface area (Å²) in [6, 6.07) is 0. The smallest absolute Gasteiger partial charge is 0.209 e. The molecule has 1 heterocycles. The van der Waals surface area contributed by atoms with Gasteiger partial charge in [-0.3, -0.25) is 0 Å². The van der Waals surface area contributed by atoms with Crippen molar-refractivity contribution in [3.05, 3.63) is 12.4 Å². The number of hydrogen-bond donors (Lipinski definition) is 2. The fraction of sp³-hybridized carbons (Fsp3) is 0.700. The molecule has 0 saturated carbocycles. The van der Waals surface area contributed by atoms with Crippen LogP contribution in [0.2, 0.25) is 0 Å². The zero-order valence-electron chi connectivity index (χ0n) is 10.7. The molecule has 0 unspecified atom stereocenters. The van der Waals surface area contributed by atoms with Crippen molar-refractivity contribution in [2.75, 3.05) is 18.1 Å². The fourth-order valence-corrected chi connectivity index (χ4v) is 2.65. The van der Waals surface area contributed by atoms with Crippen molar-refractivity contribution in [1.29, 1.82) is 0 Å². The number of imidazole rings is 1. The number of aromatic nitrogens is 2. The average Bonchev–Trinajstić information content (AvgIpc) is 2.58. The molecule has 98 valence electrons. The van der Waals surface area contributed by atoms with Crippen molar-refractivity contribution in [1.82, 2.24) is 14.3 Å². The van der Waals surface area contributed by atoms with E-state index in [1.807, 2.05) is 31.5 Å². The van der Waals surface area contributed by atoms with Crippen LogP contribution in [0.4, 0.5) is 5.95 Å². The van der Waals surface area contributed by atoms with Crippen molar-refractivity contribution < 1.29 is 8.42 Å². The number of aryl methyl sites for hydroxylation is 1. The second kappa shape index (κ2) is 5.05. The molecule has 7 heteroatoms. The van der Waals surface area contributed by atoms with Crippen LogP contribution in [-0.4, -0.2) is 36.3 Å². The third-order valence-corrected chi connectivity index (χ3v) is 3.13. The highest BCUT2D eigenvalue weighted by molar-refractivity contribution is 7.88. The first-order chi connectivity index (χ1) is 7.73. The van der Waals surface area contributed by atoms with Crippen LogP contribution in [0.5, 0.6) is 0 Å². The van der Waals surface area contributed by atoms with Gasteiger partial charge in [0.15, 0.2) is 0 Å². The minimum atomic E-state index is -3.21. The van der Waals surface area contributed by atoms with Crippen LogP contribution in [0, 0.1) is 0 Å². The summed E-state index contributed by atoms with van der Waals surface area (Å²) in [5.74, 6) is 0.746. The van der Waals surface area contributed by atoms with Crippen LogP contribution in [-0.2, 0) is 16.6 Å². The van der Waals surface area contributed by atoms with E-state index in [1.54, 1.807) is 6.20 Å². The van der Waals surface area contributed by atoms with Gasteiger partial charge < -0.3 is 9.88 Å². The maximum Gasteiger partial charge on any atom is 0.209 e. The van der Waals surface area contributed by atoms with Crippen LogP contribution in [0.15, 0.2) is 12.4 Å². The number of nitrogens with one attached hydrogen (secondary N) is 2. The van der Waals surface area contributed by atoms with E-state index >= 15 is 0 Å². The van der Waals surface area contributed by atoms with Gasteiger partial charge in [0.2, 0.25) is 16.0 Å². The van der Waals surface area contributed by atoms with Gasteiger partial charge in [-0.1, -0.05) is 0 Å². The Bertz CT molecular complexity index is 464. The lowest BCUT2D eigenvalue weighted by molar-refractivity contribution is 0.474. The van der Waals surface area contributed by atoms with Crippen LogP contribution in [0.25, 0.3) is 0 Å². The Hall–Kier alpha value is -1.08. The molecule has 0 saturated heterocycles. The Morgan fingerprint density at radius 1 is 1.47 bits per heavy atom. The second-order valence-electron chi connectivity index (χ2n) is 4.65. The Kier molecular flexibility index (Phi) is 4.16. The molecule has 0 aliphatic heterocycles. The summed E-state index contributed by atoms with van der Waals surface area (Å²) in [6.07, 6.45) is 4.74. The van der Waals surface area contributed by atoms with Gasteiger partial charge in [-0.05, 0) is 20.8 Å². The van der Waals surface area contributed by atoms with Crippen LogP contribution in [0.1, 0.15) is 20.8 Å². The Morgan fingerprint density at radius 3 is 2.65 bits per heavy atom. The topological polar surface area (TPSA) is 76.0 Å². The molecule has 0 amide bonds. The molecule has 0 aliphatic carbocycles. The van der Waals surface area contributed by atoms with E-state index in [0.29, 0.717) is 6.54 Å². The van der Waals surface area contributed by atoms with E-state index in [9.17, 15) is 8.42 Å². The van der Waals surface area contributed by atoms with E-state index < -0.39 is 15.6 Å². The second-order valence-corrected chi connectivity index (χ2v) is 6.40. The Labute approximate surface area is 102 Å². The molecule has 2 N–H and O–H groups in total. The first kappa shape index (κ1) is 14.0. The predicted octanol–water partition coefficient (Wildman–Crippen LogP) is 0.643. The van der Waals surface area contributed by atoms with Gasteiger partial charge in [-0.25, -0.2) is 18.1 Å². The minimum Gasteiger partial charge on any atom is -0.354 e. The van der Waals surface area contributed by atoms with Gasteiger partial charge in [0, 0.05) is 31.0 Å². The highest BCUT2D eigenvalue weighted by Crippen LogP contribution is 2.08. The largest absolute Gasteiger partial charge is 0.354 e. The van der Waals surface area contributed by atoms with Crippen LogP contribution < -0.4 is 10.0 Å². The number of hydrogen-bond acceptors (Lipinski definition) is 4. The van der Waals surface area contributed by atoms with Gasteiger partial charge in [-0.2, -0.15) is 0 Å². The van der Waals surface area contributed by atoms with Crippen molar-refractivity contribution in [3.63, 3.8) is 0 Å². The molecule has 1 aromatic rings. The lowest BCUT2D eigenvalue weighted by Gasteiger charge is -2.25. The van der Waals surface area contributed by atoms with Gasteiger partial charge in [0.05, 0.1) is 6.26 Å². The molecule has 0 fully saturated rings. The normalized spacial score (nSPS) is 12.7. The van der Waals surface area contributed by atoms with Crippen molar-refractivity contribution in [3.8, 4) is 0 Å². The molecular weight excluding hydrogens is 240 g/mol. The molecule has 0 aliphatic rings. The number of rotatable bonds is 6. The molecule has 0 bridgehead atoms. The monoisotopic (exact) mass is 260 g/mol. The molecule has 6 nitrogen and oxygen atoms in total. The summed E-state index contributed by atoms with van der Waals surface area (Å²) < 4.78 is 26.9. The summed E-state index contributed by atoms with van der Waals surface area (Å²) in [5.41, 5.74) is -0.557. The maximum absolute atomic E-state index is 11.2. The lowest BCUT2D eigenvalue weighted by atomic mass is 10.1. The van der Waals surface area contributed by atoms with E-state index in [0.717, 1.165) is 18.7 Å². The Balaban J connectivity index is 2.61. The number of sulfonamides is 1. The maximum atomic E-state index is 11.2. The zero-order chi connectivity index (χ0) is 13.1. The average molecular weight is 260 g/mol. The molecule has 0 radical (unpaired) electrons. The van der Waals surface area contributed by atoms with Crippen LogP contribution >= 0.6 is 0 Å². The SMILES string of the molecule is CCn1ccnc1NCC(C)(C)NS(C)(=O)=O. The highest BCUT2D eigenvalue weighted by atomic mass is 32.2.